The van der Waals surface area contributed by atoms with Crippen LogP contribution in [0, 0.1) is 13.8 Å². The normalized spacial score (nSPS) is 18.8. The Balaban J connectivity index is 2.12. The summed E-state index contributed by atoms with van der Waals surface area (Å²) in [5, 5.41) is 0. The minimum atomic E-state index is 0.138. The van der Waals surface area contributed by atoms with E-state index in [1.165, 1.54) is 16.8 Å². The molecule has 1 aliphatic rings. The minimum absolute atomic E-state index is 0.138. The van der Waals surface area contributed by atoms with Crippen LogP contribution in [0.2, 0.25) is 0 Å². The quantitative estimate of drug-likeness (QED) is 0.859. The Bertz CT molecular complexity index is 422. The molecule has 4 heteroatoms. The van der Waals surface area contributed by atoms with Crippen LogP contribution >= 0.6 is 0 Å². The summed E-state index contributed by atoms with van der Waals surface area (Å²) in [6, 6.07) is 6.78. The number of aryl methyl sites for hydroxylation is 2. The van der Waals surface area contributed by atoms with Crippen LogP contribution in [-0.2, 0) is 4.74 Å². The number of aliphatic imine (C=N–C) groups is 1. The molecule has 0 saturated heterocycles. The largest absolute Gasteiger partial charge is 0.463 e. The Morgan fingerprint density at radius 1 is 1.41 bits per heavy atom. The van der Waals surface area contributed by atoms with Crippen LogP contribution in [0.4, 0.5) is 5.69 Å². The average Bonchev–Trinajstić information content (AvgIpc) is 2.63. The molecule has 1 aromatic carbocycles. The van der Waals surface area contributed by atoms with E-state index in [4.69, 9.17) is 10.5 Å². The Hall–Kier alpha value is -1.71. The van der Waals surface area contributed by atoms with E-state index in [0.717, 1.165) is 6.54 Å². The Morgan fingerprint density at radius 3 is 2.59 bits per heavy atom. The zero-order chi connectivity index (χ0) is 12.4. The molecular weight excluding hydrogens is 214 g/mol. The van der Waals surface area contributed by atoms with E-state index >= 15 is 0 Å². The van der Waals surface area contributed by atoms with E-state index in [2.05, 4.69) is 49.0 Å². The summed E-state index contributed by atoms with van der Waals surface area (Å²) >= 11 is 0. The molecule has 92 valence electrons. The third kappa shape index (κ3) is 2.52. The fourth-order valence-electron chi connectivity index (χ4n) is 2.34. The summed E-state index contributed by atoms with van der Waals surface area (Å²) in [4.78, 5) is 6.47. The van der Waals surface area contributed by atoms with Gasteiger partial charge in [-0.05, 0) is 25.0 Å². The maximum atomic E-state index is 5.51. The molecule has 2 N–H and O–H groups in total. The first-order valence-corrected chi connectivity index (χ1v) is 5.81. The predicted octanol–water partition coefficient (Wildman–Crippen LogP) is 1.45. The van der Waals surface area contributed by atoms with Crippen LogP contribution in [0.3, 0.4) is 0 Å². The summed E-state index contributed by atoms with van der Waals surface area (Å²) < 4.78 is 5.16. The summed E-state index contributed by atoms with van der Waals surface area (Å²) in [6.45, 7) is 5.66. The molecule has 0 aromatic heterocycles. The lowest BCUT2D eigenvalue weighted by molar-refractivity contribution is 0.314. The second-order valence-electron chi connectivity index (χ2n) is 4.55. The van der Waals surface area contributed by atoms with Crippen molar-refractivity contribution >= 4 is 11.7 Å². The topological polar surface area (TPSA) is 50.9 Å². The van der Waals surface area contributed by atoms with Gasteiger partial charge in [0.15, 0.2) is 0 Å². The van der Waals surface area contributed by atoms with Gasteiger partial charge in [-0.2, -0.15) is 0 Å². The van der Waals surface area contributed by atoms with E-state index < -0.39 is 0 Å². The highest BCUT2D eigenvalue weighted by atomic mass is 16.5. The van der Waals surface area contributed by atoms with Crippen molar-refractivity contribution in [2.24, 2.45) is 10.7 Å². The number of ether oxygens (including phenoxy) is 1. The van der Waals surface area contributed by atoms with Crippen LogP contribution in [-0.4, -0.2) is 32.3 Å². The molecule has 0 aliphatic carbocycles. The first-order chi connectivity index (χ1) is 8.08. The molecule has 1 unspecified atom stereocenters. The zero-order valence-corrected chi connectivity index (χ0v) is 10.6. The van der Waals surface area contributed by atoms with Crippen LogP contribution in [0.5, 0.6) is 0 Å². The number of para-hydroxylation sites is 1. The molecular formula is C13H19N3O. The van der Waals surface area contributed by atoms with Crippen molar-refractivity contribution in [2.75, 3.05) is 25.1 Å². The molecule has 0 amide bonds. The van der Waals surface area contributed by atoms with Crippen molar-refractivity contribution in [1.82, 2.24) is 0 Å². The van der Waals surface area contributed by atoms with Crippen LogP contribution < -0.4 is 10.6 Å². The lowest BCUT2D eigenvalue weighted by atomic mass is 10.1. The maximum absolute atomic E-state index is 5.51. The van der Waals surface area contributed by atoms with E-state index in [9.17, 15) is 0 Å². The number of hydrogen-bond acceptors (Lipinski definition) is 4. The number of anilines is 1. The third-order valence-electron chi connectivity index (χ3n) is 3.04. The van der Waals surface area contributed by atoms with Crippen molar-refractivity contribution in [3.8, 4) is 0 Å². The molecule has 1 atom stereocenters. The van der Waals surface area contributed by atoms with Gasteiger partial charge in [-0.3, -0.25) is 0 Å². The van der Waals surface area contributed by atoms with Gasteiger partial charge in [0.25, 0.3) is 6.02 Å². The van der Waals surface area contributed by atoms with Crippen molar-refractivity contribution in [3.63, 3.8) is 0 Å². The number of nitrogens with two attached hydrogens (primary N) is 1. The zero-order valence-electron chi connectivity index (χ0n) is 10.6. The summed E-state index contributed by atoms with van der Waals surface area (Å²) in [6.07, 6.45) is 0. The number of amidine groups is 1. The third-order valence-corrected chi connectivity index (χ3v) is 3.04. The van der Waals surface area contributed by atoms with Gasteiger partial charge in [0, 0.05) is 19.3 Å². The smallest absolute Gasteiger partial charge is 0.282 e. The fraction of sp³-hybridized carbons (Fsp3) is 0.462. The van der Waals surface area contributed by atoms with Gasteiger partial charge in [-0.1, -0.05) is 18.2 Å². The molecule has 0 radical (unpaired) electrons. The van der Waals surface area contributed by atoms with Crippen molar-refractivity contribution in [1.29, 1.82) is 0 Å². The first kappa shape index (κ1) is 11.8. The van der Waals surface area contributed by atoms with E-state index in [1.54, 1.807) is 0 Å². The van der Waals surface area contributed by atoms with Gasteiger partial charge in [-0.15, -0.1) is 0 Å². The van der Waals surface area contributed by atoms with Gasteiger partial charge >= 0.3 is 0 Å². The Kier molecular flexibility index (Phi) is 3.22. The SMILES string of the molecule is Cc1cccc(C)c1N(C)CC1COC(N)=N1. The second kappa shape index (κ2) is 4.65. The molecule has 1 aromatic rings. The number of likely N-dealkylation sites (N-methyl/N-ethyl adjacent to an activating group) is 1. The van der Waals surface area contributed by atoms with Gasteiger partial charge in [0.2, 0.25) is 0 Å². The van der Waals surface area contributed by atoms with Crippen molar-refractivity contribution < 1.29 is 4.74 Å². The van der Waals surface area contributed by atoms with Crippen LogP contribution in [0.1, 0.15) is 11.1 Å². The molecule has 0 spiro atoms. The van der Waals surface area contributed by atoms with Gasteiger partial charge in [0.1, 0.15) is 12.6 Å². The number of nitrogens with zero attached hydrogens (tertiary/aromatic N) is 2. The molecule has 1 heterocycles. The fourth-order valence-corrected chi connectivity index (χ4v) is 2.34. The number of benzene rings is 1. The van der Waals surface area contributed by atoms with Crippen LogP contribution in [0.15, 0.2) is 23.2 Å². The molecule has 17 heavy (non-hydrogen) atoms. The van der Waals surface area contributed by atoms with Gasteiger partial charge in [0.05, 0.1) is 0 Å². The highest BCUT2D eigenvalue weighted by Gasteiger charge is 2.19. The molecule has 0 bridgehead atoms. The summed E-state index contributed by atoms with van der Waals surface area (Å²) in [7, 11) is 2.08. The van der Waals surface area contributed by atoms with E-state index in [1.807, 2.05) is 0 Å². The van der Waals surface area contributed by atoms with Crippen molar-refractivity contribution in [2.45, 2.75) is 19.9 Å². The van der Waals surface area contributed by atoms with Gasteiger partial charge < -0.3 is 15.4 Å². The molecule has 1 aliphatic heterocycles. The highest BCUT2D eigenvalue weighted by Crippen LogP contribution is 2.24. The first-order valence-electron chi connectivity index (χ1n) is 5.81. The van der Waals surface area contributed by atoms with Crippen molar-refractivity contribution in [3.05, 3.63) is 29.3 Å². The van der Waals surface area contributed by atoms with E-state index in [-0.39, 0.29) is 6.04 Å². The number of rotatable bonds is 3. The summed E-state index contributed by atoms with van der Waals surface area (Å²) in [5.41, 5.74) is 9.34. The lowest BCUT2D eigenvalue weighted by Crippen LogP contribution is -2.29. The molecule has 2 rings (SSSR count). The molecule has 0 fully saturated rings. The summed E-state index contributed by atoms with van der Waals surface area (Å²) in [5.74, 6) is 0. The maximum Gasteiger partial charge on any atom is 0.282 e. The number of hydrogen-bond donors (Lipinski definition) is 1. The van der Waals surface area contributed by atoms with Gasteiger partial charge in [-0.25, -0.2) is 4.99 Å². The highest BCUT2D eigenvalue weighted by molar-refractivity contribution is 5.73. The van der Waals surface area contributed by atoms with Crippen LogP contribution in [0.25, 0.3) is 0 Å². The molecule has 4 nitrogen and oxygen atoms in total. The predicted molar refractivity (Wildman–Crippen MR) is 70.5 cm³/mol. The Morgan fingerprint density at radius 2 is 2.06 bits per heavy atom. The average molecular weight is 233 g/mol. The van der Waals surface area contributed by atoms with E-state index in [0.29, 0.717) is 12.6 Å². The molecule has 0 saturated carbocycles. The second-order valence-corrected chi connectivity index (χ2v) is 4.55. The standard InChI is InChI=1S/C13H19N3O/c1-9-5-4-6-10(2)12(9)16(3)7-11-8-17-13(14)15-11/h4-6,11H,7-8H2,1-3H3,(H2,14,15). The minimum Gasteiger partial charge on any atom is -0.463 e. The monoisotopic (exact) mass is 233 g/mol. The Labute approximate surface area is 102 Å². The lowest BCUT2D eigenvalue weighted by Gasteiger charge is -2.24.